The number of thioether (sulfide) groups is 1. The van der Waals surface area contributed by atoms with Crippen molar-refractivity contribution < 1.29 is 0 Å². The zero-order valence-electron chi connectivity index (χ0n) is 8.32. The first-order valence-electron chi connectivity index (χ1n) is 4.74. The minimum Gasteiger partial charge on any atom is -0.309 e. The predicted octanol–water partition coefficient (Wildman–Crippen LogP) is 2.19. The zero-order valence-corrected chi connectivity index (χ0v) is 9.14. The van der Waals surface area contributed by atoms with E-state index < -0.39 is 0 Å². The molecule has 0 unspecified atom stereocenters. The molecule has 1 aliphatic rings. The Morgan fingerprint density at radius 2 is 2.08 bits per heavy atom. The third kappa shape index (κ3) is 1.88. The topological polar surface area (TPSA) is 30.7 Å². The van der Waals surface area contributed by atoms with Crippen LogP contribution in [0, 0.1) is 0 Å². The largest absolute Gasteiger partial charge is 0.309 e. The highest BCUT2D eigenvalue weighted by molar-refractivity contribution is 7.99. The average molecular weight is 197 g/mol. The molecule has 0 spiro atoms. The smallest absolute Gasteiger partial charge is 0.191 e. The Kier molecular flexibility index (Phi) is 2.32. The Balaban J connectivity index is 2.17. The zero-order chi connectivity index (χ0) is 9.42. The lowest BCUT2D eigenvalue weighted by Gasteiger charge is -2.04. The third-order valence-corrected chi connectivity index (χ3v) is 3.19. The Morgan fingerprint density at radius 1 is 1.38 bits per heavy atom. The van der Waals surface area contributed by atoms with E-state index in [9.17, 15) is 0 Å². The van der Waals surface area contributed by atoms with E-state index in [2.05, 4.69) is 35.7 Å². The SMILES string of the molecule is CC(C)Sc1nnc(C2CC2)n1C. The maximum Gasteiger partial charge on any atom is 0.191 e. The quantitative estimate of drug-likeness (QED) is 0.696. The third-order valence-electron chi connectivity index (χ3n) is 2.15. The lowest BCUT2D eigenvalue weighted by molar-refractivity contribution is 0.735. The van der Waals surface area contributed by atoms with Gasteiger partial charge in [0.2, 0.25) is 0 Å². The molecule has 0 amide bonds. The van der Waals surface area contributed by atoms with Gasteiger partial charge in [-0.3, -0.25) is 0 Å². The molecule has 0 aromatic carbocycles. The van der Waals surface area contributed by atoms with Crippen molar-refractivity contribution in [2.24, 2.45) is 7.05 Å². The van der Waals surface area contributed by atoms with Gasteiger partial charge in [-0.2, -0.15) is 0 Å². The summed E-state index contributed by atoms with van der Waals surface area (Å²) in [6, 6.07) is 0. The summed E-state index contributed by atoms with van der Waals surface area (Å²) in [6.45, 7) is 4.35. The van der Waals surface area contributed by atoms with Gasteiger partial charge in [0.25, 0.3) is 0 Å². The van der Waals surface area contributed by atoms with Crippen LogP contribution in [0.3, 0.4) is 0 Å². The number of aromatic nitrogens is 3. The van der Waals surface area contributed by atoms with Crippen LogP contribution in [0.25, 0.3) is 0 Å². The normalized spacial score (nSPS) is 16.9. The molecule has 1 aliphatic carbocycles. The van der Waals surface area contributed by atoms with Gasteiger partial charge >= 0.3 is 0 Å². The van der Waals surface area contributed by atoms with Crippen molar-refractivity contribution in [1.82, 2.24) is 14.8 Å². The van der Waals surface area contributed by atoms with Crippen LogP contribution in [0.2, 0.25) is 0 Å². The lowest BCUT2D eigenvalue weighted by Crippen LogP contribution is -1.98. The van der Waals surface area contributed by atoms with Crippen LogP contribution in [0.5, 0.6) is 0 Å². The fraction of sp³-hybridized carbons (Fsp3) is 0.778. The van der Waals surface area contributed by atoms with E-state index in [1.807, 2.05) is 0 Å². The van der Waals surface area contributed by atoms with Crippen LogP contribution in [0.1, 0.15) is 38.4 Å². The molecule has 0 atom stereocenters. The van der Waals surface area contributed by atoms with Crippen molar-refractivity contribution >= 4 is 11.8 Å². The second-order valence-corrected chi connectivity index (χ2v) is 5.38. The monoisotopic (exact) mass is 197 g/mol. The van der Waals surface area contributed by atoms with Gasteiger partial charge in [-0.15, -0.1) is 10.2 Å². The van der Waals surface area contributed by atoms with Gasteiger partial charge in [-0.25, -0.2) is 0 Å². The first-order valence-corrected chi connectivity index (χ1v) is 5.62. The summed E-state index contributed by atoms with van der Waals surface area (Å²) in [4.78, 5) is 0. The fourth-order valence-corrected chi connectivity index (χ4v) is 2.10. The van der Waals surface area contributed by atoms with Crippen LogP contribution in [0.4, 0.5) is 0 Å². The molecule has 0 N–H and O–H groups in total. The molecule has 0 bridgehead atoms. The lowest BCUT2D eigenvalue weighted by atomic mass is 10.4. The molecule has 13 heavy (non-hydrogen) atoms. The van der Waals surface area contributed by atoms with E-state index in [4.69, 9.17) is 0 Å². The van der Waals surface area contributed by atoms with Gasteiger partial charge in [-0.1, -0.05) is 25.6 Å². The van der Waals surface area contributed by atoms with Gasteiger partial charge < -0.3 is 4.57 Å². The minimum absolute atomic E-state index is 0.579. The van der Waals surface area contributed by atoms with Crippen LogP contribution in [-0.2, 0) is 7.05 Å². The van der Waals surface area contributed by atoms with Crippen molar-refractivity contribution in [2.45, 2.75) is 43.0 Å². The van der Waals surface area contributed by atoms with Crippen LogP contribution in [0.15, 0.2) is 5.16 Å². The van der Waals surface area contributed by atoms with Gasteiger partial charge in [0.1, 0.15) is 5.82 Å². The summed E-state index contributed by atoms with van der Waals surface area (Å²) >= 11 is 1.78. The summed E-state index contributed by atoms with van der Waals surface area (Å²) in [5.41, 5.74) is 0. The molecule has 0 radical (unpaired) electrons. The van der Waals surface area contributed by atoms with Gasteiger partial charge in [0, 0.05) is 18.2 Å². The Hall–Kier alpha value is -0.510. The maximum atomic E-state index is 4.22. The van der Waals surface area contributed by atoms with E-state index in [0.29, 0.717) is 11.2 Å². The Labute approximate surface area is 82.9 Å². The second kappa shape index (κ2) is 3.33. The van der Waals surface area contributed by atoms with Crippen LogP contribution >= 0.6 is 11.8 Å². The van der Waals surface area contributed by atoms with Crippen molar-refractivity contribution in [1.29, 1.82) is 0 Å². The van der Waals surface area contributed by atoms with Gasteiger partial charge in [0.05, 0.1) is 0 Å². The molecule has 1 aromatic heterocycles. The summed E-state index contributed by atoms with van der Waals surface area (Å²) in [7, 11) is 2.07. The molecular formula is C9H15N3S. The first-order chi connectivity index (χ1) is 6.18. The van der Waals surface area contributed by atoms with E-state index in [0.717, 1.165) is 5.16 Å². The summed E-state index contributed by atoms with van der Waals surface area (Å²) < 4.78 is 2.14. The number of hydrogen-bond donors (Lipinski definition) is 0. The molecule has 3 nitrogen and oxygen atoms in total. The summed E-state index contributed by atoms with van der Waals surface area (Å²) in [5.74, 6) is 1.86. The second-order valence-electron chi connectivity index (χ2n) is 3.84. The maximum absolute atomic E-state index is 4.22. The highest BCUT2D eigenvalue weighted by Crippen LogP contribution is 2.39. The van der Waals surface area contributed by atoms with Crippen molar-refractivity contribution in [3.63, 3.8) is 0 Å². The van der Waals surface area contributed by atoms with E-state index in [1.165, 1.54) is 18.7 Å². The molecule has 0 saturated heterocycles. The molecular weight excluding hydrogens is 182 g/mol. The Bertz CT molecular complexity index is 302. The van der Waals surface area contributed by atoms with Gasteiger partial charge in [0.15, 0.2) is 5.16 Å². The molecule has 1 fully saturated rings. The average Bonchev–Trinajstić information content (AvgIpc) is 2.81. The fourth-order valence-electron chi connectivity index (χ4n) is 1.34. The molecule has 1 aromatic rings. The minimum atomic E-state index is 0.579. The molecule has 1 heterocycles. The molecule has 4 heteroatoms. The molecule has 1 saturated carbocycles. The highest BCUT2D eigenvalue weighted by Gasteiger charge is 2.29. The molecule has 0 aliphatic heterocycles. The van der Waals surface area contributed by atoms with Gasteiger partial charge in [-0.05, 0) is 12.8 Å². The number of hydrogen-bond acceptors (Lipinski definition) is 3. The molecule has 72 valence electrons. The van der Waals surface area contributed by atoms with Crippen molar-refractivity contribution in [2.75, 3.05) is 0 Å². The van der Waals surface area contributed by atoms with Crippen molar-refractivity contribution in [3.8, 4) is 0 Å². The number of rotatable bonds is 3. The van der Waals surface area contributed by atoms with Crippen molar-refractivity contribution in [3.05, 3.63) is 5.82 Å². The summed E-state index contributed by atoms with van der Waals surface area (Å²) in [6.07, 6.45) is 2.58. The highest BCUT2D eigenvalue weighted by atomic mass is 32.2. The Morgan fingerprint density at radius 3 is 2.62 bits per heavy atom. The predicted molar refractivity (Wildman–Crippen MR) is 54.0 cm³/mol. The molecule has 2 rings (SSSR count). The number of nitrogens with zero attached hydrogens (tertiary/aromatic N) is 3. The van der Waals surface area contributed by atoms with Crippen LogP contribution < -0.4 is 0 Å². The van der Waals surface area contributed by atoms with Crippen LogP contribution in [-0.4, -0.2) is 20.0 Å². The van der Waals surface area contributed by atoms with E-state index >= 15 is 0 Å². The van der Waals surface area contributed by atoms with E-state index in [1.54, 1.807) is 11.8 Å². The first kappa shape index (κ1) is 9.06. The summed E-state index contributed by atoms with van der Waals surface area (Å²) in [5, 5.41) is 10.0. The van der Waals surface area contributed by atoms with E-state index in [-0.39, 0.29) is 0 Å². The standard InChI is InChI=1S/C9H15N3S/c1-6(2)13-9-11-10-8(12(9)3)7-4-5-7/h6-7H,4-5H2,1-3H3.